The standard InChI is InChI=1S/C13H22N2O3/c1-3-14(4-2)10-5-8-15(9-10)11(16)13(6-7-13)12(17)18/h10H,3-9H2,1-2H3,(H,17,18). The van der Waals surface area contributed by atoms with E-state index in [4.69, 9.17) is 5.11 Å². The number of amides is 1. The van der Waals surface area contributed by atoms with E-state index in [0.717, 1.165) is 19.5 Å². The summed E-state index contributed by atoms with van der Waals surface area (Å²) in [6.07, 6.45) is 1.98. The third-order valence-corrected chi connectivity index (χ3v) is 4.35. The number of carboxylic acid groups (broad SMARTS) is 1. The van der Waals surface area contributed by atoms with Crippen molar-refractivity contribution in [3.05, 3.63) is 0 Å². The van der Waals surface area contributed by atoms with Gasteiger partial charge >= 0.3 is 5.97 Å². The number of carboxylic acids is 1. The molecular formula is C13H22N2O3. The summed E-state index contributed by atoms with van der Waals surface area (Å²) >= 11 is 0. The fraction of sp³-hybridized carbons (Fsp3) is 0.846. The predicted octanol–water partition coefficient (Wildman–Crippen LogP) is 0.794. The van der Waals surface area contributed by atoms with Crippen molar-refractivity contribution < 1.29 is 14.7 Å². The van der Waals surface area contributed by atoms with Crippen molar-refractivity contribution >= 4 is 11.9 Å². The zero-order chi connectivity index (χ0) is 13.3. The number of carbonyl (C=O) groups is 2. The molecule has 1 aliphatic carbocycles. The molecule has 1 N–H and O–H groups in total. The smallest absolute Gasteiger partial charge is 0.319 e. The van der Waals surface area contributed by atoms with Gasteiger partial charge in [0.25, 0.3) is 0 Å². The molecule has 0 aromatic heterocycles. The predicted molar refractivity (Wildman–Crippen MR) is 67.2 cm³/mol. The Bertz CT molecular complexity index is 348. The SMILES string of the molecule is CCN(CC)C1CCN(C(=O)C2(C(=O)O)CC2)C1. The van der Waals surface area contributed by atoms with Gasteiger partial charge in [0.2, 0.25) is 5.91 Å². The average Bonchev–Trinajstić information content (AvgIpc) is 3.04. The lowest BCUT2D eigenvalue weighted by Crippen LogP contribution is -2.42. The second-order valence-electron chi connectivity index (χ2n) is 5.30. The lowest BCUT2D eigenvalue weighted by atomic mass is 10.1. The van der Waals surface area contributed by atoms with E-state index in [1.165, 1.54) is 0 Å². The van der Waals surface area contributed by atoms with Crippen LogP contribution in [0.4, 0.5) is 0 Å². The van der Waals surface area contributed by atoms with Crippen molar-refractivity contribution in [1.29, 1.82) is 0 Å². The third kappa shape index (κ3) is 2.11. The first-order valence-electron chi connectivity index (χ1n) is 6.82. The highest BCUT2D eigenvalue weighted by Gasteiger charge is 2.59. The van der Waals surface area contributed by atoms with Gasteiger partial charge in [-0.3, -0.25) is 14.5 Å². The van der Waals surface area contributed by atoms with E-state index >= 15 is 0 Å². The van der Waals surface area contributed by atoms with Crippen LogP contribution in [-0.4, -0.2) is 59.0 Å². The lowest BCUT2D eigenvalue weighted by Gasteiger charge is -2.26. The molecule has 1 saturated heterocycles. The van der Waals surface area contributed by atoms with Crippen molar-refractivity contribution in [2.45, 2.75) is 39.2 Å². The highest BCUT2D eigenvalue weighted by Crippen LogP contribution is 2.48. The van der Waals surface area contributed by atoms with E-state index in [0.29, 0.717) is 32.0 Å². The molecule has 0 aromatic carbocycles. The van der Waals surface area contributed by atoms with Crippen molar-refractivity contribution in [2.75, 3.05) is 26.2 Å². The first-order valence-corrected chi connectivity index (χ1v) is 6.82. The average molecular weight is 254 g/mol. The second-order valence-corrected chi connectivity index (χ2v) is 5.30. The Morgan fingerprint density at radius 3 is 2.39 bits per heavy atom. The zero-order valence-corrected chi connectivity index (χ0v) is 11.2. The Kier molecular flexibility index (Phi) is 3.61. The van der Waals surface area contributed by atoms with Crippen LogP contribution in [0.15, 0.2) is 0 Å². The number of hydrogen-bond donors (Lipinski definition) is 1. The fourth-order valence-corrected chi connectivity index (χ4v) is 2.91. The highest BCUT2D eigenvalue weighted by atomic mass is 16.4. The number of likely N-dealkylation sites (N-methyl/N-ethyl adjacent to an activating group) is 1. The minimum atomic E-state index is -1.07. The molecule has 5 heteroatoms. The molecule has 0 aromatic rings. The van der Waals surface area contributed by atoms with Crippen LogP contribution >= 0.6 is 0 Å². The van der Waals surface area contributed by atoms with Gasteiger partial charge in [0, 0.05) is 19.1 Å². The largest absolute Gasteiger partial charge is 0.480 e. The van der Waals surface area contributed by atoms with Crippen LogP contribution in [-0.2, 0) is 9.59 Å². The van der Waals surface area contributed by atoms with Crippen LogP contribution in [0.25, 0.3) is 0 Å². The van der Waals surface area contributed by atoms with Crippen molar-refractivity contribution in [2.24, 2.45) is 5.41 Å². The molecule has 1 heterocycles. The number of likely N-dealkylation sites (tertiary alicyclic amines) is 1. The topological polar surface area (TPSA) is 60.9 Å². The van der Waals surface area contributed by atoms with Gasteiger partial charge < -0.3 is 10.0 Å². The van der Waals surface area contributed by atoms with Crippen LogP contribution in [0.2, 0.25) is 0 Å². The molecule has 1 atom stereocenters. The number of nitrogens with zero attached hydrogens (tertiary/aromatic N) is 2. The molecule has 1 unspecified atom stereocenters. The third-order valence-electron chi connectivity index (χ3n) is 4.35. The lowest BCUT2D eigenvalue weighted by molar-refractivity contribution is -0.153. The van der Waals surface area contributed by atoms with Gasteiger partial charge in [0.1, 0.15) is 5.41 Å². The number of hydrogen-bond acceptors (Lipinski definition) is 3. The fourth-order valence-electron chi connectivity index (χ4n) is 2.91. The Hall–Kier alpha value is -1.10. The minimum absolute atomic E-state index is 0.162. The van der Waals surface area contributed by atoms with E-state index in [-0.39, 0.29) is 5.91 Å². The summed E-state index contributed by atoms with van der Waals surface area (Å²) in [4.78, 5) is 27.5. The van der Waals surface area contributed by atoms with E-state index in [1.54, 1.807) is 4.90 Å². The maximum absolute atomic E-state index is 12.2. The minimum Gasteiger partial charge on any atom is -0.480 e. The van der Waals surface area contributed by atoms with Gasteiger partial charge in [-0.25, -0.2) is 0 Å². The quantitative estimate of drug-likeness (QED) is 0.737. The van der Waals surface area contributed by atoms with Gasteiger partial charge in [0.05, 0.1) is 0 Å². The van der Waals surface area contributed by atoms with Gasteiger partial charge in [-0.15, -0.1) is 0 Å². The number of aliphatic carboxylic acids is 1. The van der Waals surface area contributed by atoms with Gasteiger partial charge in [-0.2, -0.15) is 0 Å². The second kappa shape index (κ2) is 4.88. The Labute approximate surface area is 108 Å². The van der Waals surface area contributed by atoms with Gasteiger partial charge in [-0.1, -0.05) is 13.8 Å². The summed E-state index contributed by atoms with van der Waals surface area (Å²) < 4.78 is 0. The molecule has 1 saturated carbocycles. The van der Waals surface area contributed by atoms with E-state index in [1.807, 2.05) is 0 Å². The molecule has 2 fully saturated rings. The number of rotatable bonds is 5. The zero-order valence-electron chi connectivity index (χ0n) is 11.2. The summed E-state index contributed by atoms with van der Waals surface area (Å²) in [5, 5.41) is 9.14. The van der Waals surface area contributed by atoms with Crippen molar-refractivity contribution in [3.8, 4) is 0 Å². The van der Waals surface area contributed by atoms with Crippen molar-refractivity contribution in [3.63, 3.8) is 0 Å². The summed E-state index contributed by atoms with van der Waals surface area (Å²) in [5.74, 6) is -1.11. The summed E-state index contributed by atoms with van der Waals surface area (Å²) in [6, 6.07) is 0.397. The molecule has 2 rings (SSSR count). The number of carbonyl (C=O) groups excluding carboxylic acids is 1. The molecule has 0 bridgehead atoms. The van der Waals surface area contributed by atoms with Crippen LogP contribution in [0.5, 0.6) is 0 Å². The van der Waals surface area contributed by atoms with Crippen LogP contribution in [0.3, 0.4) is 0 Å². The van der Waals surface area contributed by atoms with Crippen LogP contribution in [0, 0.1) is 5.41 Å². The Balaban J connectivity index is 1.97. The van der Waals surface area contributed by atoms with E-state index < -0.39 is 11.4 Å². The molecule has 1 amide bonds. The van der Waals surface area contributed by atoms with Gasteiger partial charge in [-0.05, 0) is 32.4 Å². The molecule has 5 nitrogen and oxygen atoms in total. The summed E-state index contributed by atoms with van der Waals surface area (Å²) in [7, 11) is 0. The first kappa shape index (κ1) is 13.3. The maximum Gasteiger partial charge on any atom is 0.319 e. The maximum atomic E-state index is 12.2. The molecule has 2 aliphatic rings. The van der Waals surface area contributed by atoms with Crippen molar-refractivity contribution in [1.82, 2.24) is 9.80 Å². The molecule has 0 spiro atoms. The Morgan fingerprint density at radius 1 is 1.33 bits per heavy atom. The monoisotopic (exact) mass is 254 g/mol. The molecular weight excluding hydrogens is 232 g/mol. The molecule has 102 valence electrons. The summed E-state index contributed by atoms with van der Waals surface area (Å²) in [5.41, 5.74) is -1.07. The normalized spacial score (nSPS) is 25.5. The van der Waals surface area contributed by atoms with E-state index in [2.05, 4.69) is 18.7 Å². The Morgan fingerprint density at radius 2 is 1.94 bits per heavy atom. The highest BCUT2D eigenvalue weighted by molar-refractivity contribution is 6.04. The first-order chi connectivity index (χ1) is 8.55. The van der Waals surface area contributed by atoms with E-state index in [9.17, 15) is 9.59 Å². The van der Waals surface area contributed by atoms with Crippen LogP contribution < -0.4 is 0 Å². The molecule has 18 heavy (non-hydrogen) atoms. The molecule has 1 aliphatic heterocycles. The summed E-state index contributed by atoms with van der Waals surface area (Å²) in [6.45, 7) is 7.59. The van der Waals surface area contributed by atoms with Gasteiger partial charge in [0.15, 0.2) is 0 Å². The molecule has 0 radical (unpaired) electrons. The van der Waals surface area contributed by atoms with Crippen LogP contribution in [0.1, 0.15) is 33.1 Å².